The minimum atomic E-state index is 0. The lowest BCUT2D eigenvalue weighted by molar-refractivity contribution is -0.133. The minimum Gasteiger partial charge on any atom is -0.380 e. The van der Waals surface area contributed by atoms with E-state index in [1.807, 2.05) is 25.7 Å². The number of Topliss-reactive ketones (excluding diaryl/α,β-unsaturated/α-hetero) is 1. The molecule has 0 aromatic heterocycles. The molecule has 1 heterocycles. The van der Waals surface area contributed by atoms with Crippen LogP contribution in [0.5, 0.6) is 0 Å². The van der Waals surface area contributed by atoms with E-state index in [2.05, 4.69) is 19.2 Å². The summed E-state index contributed by atoms with van der Waals surface area (Å²) in [6.07, 6.45) is 6.16. The van der Waals surface area contributed by atoms with Gasteiger partial charge in [-0.1, -0.05) is 55.7 Å². The number of hydrogen-bond donors (Lipinski definition) is 1. The number of hydrogen-bond acceptors (Lipinski definition) is 7. The molecule has 7 nitrogen and oxygen atoms in total. The van der Waals surface area contributed by atoms with Gasteiger partial charge in [0, 0.05) is 59.0 Å². The third-order valence-electron chi connectivity index (χ3n) is 4.94. The Morgan fingerprint density at radius 2 is 1.63 bits per heavy atom. The van der Waals surface area contributed by atoms with Crippen molar-refractivity contribution in [2.75, 3.05) is 44.9 Å². The number of likely N-dealkylation sites (tertiary alicyclic amines) is 1. The molecule has 1 N–H and O–H groups in total. The molecule has 0 aliphatic carbocycles. The highest BCUT2D eigenvalue weighted by Gasteiger charge is 2.34. The van der Waals surface area contributed by atoms with E-state index in [9.17, 15) is 14.4 Å². The van der Waals surface area contributed by atoms with Crippen LogP contribution in [0.4, 0.5) is 0 Å². The fraction of sp³-hybridized carbons (Fsp3) is 0.885. The van der Waals surface area contributed by atoms with Crippen LogP contribution in [-0.2, 0) is 23.9 Å². The number of carbonyl (C=O) groups is 3. The van der Waals surface area contributed by atoms with Crippen LogP contribution in [0.25, 0.3) is 0 Å². The van der Waals surface area contributed by atoms with Gasteiger partial charge in [-0.2, -0.15) is 0 Å². The van der Waals surface area contributed by atoms with Crippen LogP contribution in [0.2, 0.25) is 0 Å². The molecular weight excluding hydrogens is 484 g/mol. The van der Waals surface area contributed by atoms with Crippen LogP contribution in [0, 0.1) is 0 Å². The molecule has 0 spiro atoms. The number of amides is 2. The summed E-state index contributed by atoms with van der Waals surface area (Å²) >= 11 is 0. The number of carbonyl (C=O) groups excluding carboxylic acids is 3. The third-order valence-corrected chi connectivity index (χ3v) is 7.43. The topological polar surface area (TPSA) is 84.9 Å². The molecule has 2 amide bonds. The van der Waals surface area contributed by atoms with Gasteiger partial charge in [0.1, 0.15) is 5.78 Å². The summed E-state index contributed by atoms with van der Waals surface area (Å²) < 4.78 is 11.0. The molecule has 0 bridgehead atoms. The summed E-state index contributed by atoms with van der Waals surface area (Å²) in [5.41, 5.74) is 0. The molecule has 0 aromatic rings. The summed E-state index contributed by atoms with van der Waals surface area (Å²) in [5.74, 6) is 2.16. The number of nitrogens with zero attached hydrogens (tertiary/aromatic N) is 1. The summed E-state index contributed by atoms with van der Waals surface area (Å²) in [7, 11) is 5.16. The second kappa shape index (κ2) is 26.3. The average molecular weight is 539 g/mol. The van der Waals surface area contributed by atoms with E-state index >= 15 is 0 Å². The quantitative estimate of drug-likeness (QED) is 0.186. The predicted molar refractivity (Wildman–Crippen MR) is 153 cm³/mol. The van der Waals surface area contributed by atoms with Crippen molar-refractivity contribution in [3.63, 3.8) is 0 Å². The number of unbranched alkanes of at least 4 members (excludes halogenated alkanes) is 1. The first-order valence-corrected chi connectivity index (χ1v) is 15.8. The summed E-state index contributed by atoms with van der Waals surface area (Å²) in [6, 6.07) is 0.121. The monoisotopic (exact) mass is 538 g/mol. The van der Waals surface area contributed by atoms with Crippen molar-refractivity contribution in [3.05, 3.63) is 0 Å². The largest absolute Gasteiger partial charge is 0.380 e. The zero-order valence-electron chi connectivity index (χ0n) is 23.4. The summed E-state index contributed by atoms with van der Waals surface area (Å²) in [4.78, 5) is 37.0. The maximum atomic E-state index is 12.6. The molecule has 210 valence electrons. The maximum Gasteiger partial charge on any atom is 0.223 e. The molecule has 1 rings (SSSR count). The first-order chi connectivity index (χ1) is 16.9. The lowest BCUT2D eigenvalue weighted by atomic mass is 10.1. The van der Waals surface area contributed by atoms with Gasteiger partial charge >= 0.3 is 0 Å². The van der Waals surface area contributed by atoms with Gasteiger partial charge in [-0.05, 0) is 39.5 Å². The van der Waals surface area contributed by atoms with Crippen molar-refractivity contribution in [1.82, 2.24) is 10.2 Å². The standard InChI is InChI=1S/C21H38N2O5S2.C3H8.C2H6.H2/c1-4-28-16-18-14-19(27-3)15-23(18)21(26)10-7-12-29-30-13-11-22-20(25)9-6-5-8-17(2)24;1-3-2;1-2;/h18-19H,4-16H2,1-3H3,(H,22,25);3H2,1-2H3;1-2H3;1H/t18-,19+;;;/m0.../s1. The van der Waals surface area contributed by atoms with Crippen molar-refractivity contribution in [3.8, 4) is 0 Å². The van der Waals surface area contributed by atoms with Crippen LogP contribution >= 0.6 is 21.6 Å². The second-order valence-electron chi connectivity index (χ2n) is 8.17. The molecule has 1 saturated heterocycles. The Morgan fingerprint density at radius 3 is 2.23 bits per heavy atom. The number of nitrogens with one attached hydrogen (secondary N) is 1. The highest BCUT2D eigenvalue weighted by molar-refractivity contribution is 8.76. The van der Waals surface area contributed by atoms with E-state index in [1.54, 1.807) is 35.6 Å². The Morgan fingerprint density at radius 1 is 1.00 bits per heavy atom. The second-order valence-corrected chi connectivity index (χ2v) is 10.9. The normalized spacial score (nSPS) is 16.6. The maximum absolute atomic E-state index is 12.6. The smallest absolute Gasteiger partial charge is 0.223 e. The van der Waals surface area contributed by atoms with Gasteiger partial charge in [-0.3, -0.25) is 9.59 Å². The molecule has 2 atom stereocenters. The van der Waals surface area contributed by atoms with Crippen LogP contribution in [0.1, 0.15) is 94.3 Å². The van der Waals surface area contributed by atoms with Crippen LogP contribution in [0.15, 0.2) is 0 Å². The Hall–Kier alpha value is -0.770. The van der Waals surface area contributed by atoms with Gasteiger partial charge in [-0.25, -0.2) is 0 Å². The van der Waals surface area contributed by atoms with Crippen LogP contribution < -0.4 is 5.32 Å². The van der Waals surface area contributed by atoms with E-state index in [0.717, 1.165) is 37.2 Å². The number of ether oxygens (including phenoxy) is 2. The Labute approximate surface area is 224 Å². The average Bonchev–Trinajstić information content (AvgIpc) is 3.27. The minimum absolute atomic E-state index is 0. The van der Waals surface area contributed by atoms with E-state index in [0.29, 0.717) is 45.6 Å². The van der Waals surface area contributed by atoms with E-state index in [1.165, 1.54) is 6.42 Å². The highest BCUT2D eigenvalue weighted by Crippen LogP contribution is 2.24. The van der Waals surface area contributed by atoms with Crippen molar-refractivity contribution < 1.29 is 25.3 Å². The molecule has 1 fully saturated rings. The Kier molecular flexibility index (Phi) is 27.3. The van der Waals surface area contributed by atoms with Crippen molar-refractivity contribution in [2.45, 2.75) is 105 Å². The molecule has 0 unspecified atom stereocenters. The predicted octanol–water partition coefficient (Wildman–Crippen LogP) is 5.75. The number of rotatable bonds is 17. The molecule has 0 saturated carbocycles. The molecular formula is C26H54N2O5S2. The Bertz CT molecular complexity index is 544. The fourth-order valence-electron chi connectivity index (χ4n) is 3.29. The van der Waals surface area contributed by atoms with Gasteiger partial charge < -0.3 is 24.5 Å². The lowest BCUT2D eigenvalue weighted by Crippen LogP contribution is -2.38. The fourth-order valence-corrected chi connectivity index (χ4v) is 5.28. The van der Waals surface area contributed by atoms with E-state index in [4.69, 9.17) is 9.47 Å². The van der Waals surface area contributed by atoms with Crippen LogP contribution in [0.3, 0.4) is 0 Å². The molecule has 9 heteroatoms. The zero-order valence-corrected chi connectivity index (χ0v) is 25.0. The summed E-state index contributed by atoms with van der Waals surface area (Å²) in [5, 5.41) is 2.91. The van der Waals surface area contributed by atoms with Crippen molar-refractivity contribution in [1.29, 1.82) is 0 Å². The summed E-state index contributed by atoms with van der Waals surface area (Å²) in [6.45, 7) is 14.3. The van der Waals surface area contributed by atoms with Gasteiger partial charge in [0.25, 0.3) is 0 Å². The molecule has 1 aliphatic heterocycles. The van der Waals surface area contributed by atoms with Crippen molar-refractivity contribution in [2.24, 2.45) is 0 Å². The van der Waals surface area contributed by atoms with Gasteiger partial charge in [0.15, 0.2) is 0 Å². The first-order valence-electron chi connectivity index (χ1n) is 13.3. The van der Waals surface area contributed by atoms with E-state index < -0.39 is 0 Å². The highest BCUT2D eigenvalue weighted by atomic mass is 33.1. The third kappa shape index (κ3) is 21.1. The lowest BCUT2D eigenvalue weighted by Gasteiger charge is -2.24. The van der Waals surface area contributed by atoms with Gasteiger partial charge in [-0.15, -0.1) is 0 Å². The van der Waals surface area contributed by atoms with E-state index in [-0.39, 0.29) is 31.2 Å². The Balaban J connectivity index is -0.00000168. The van der Waals surface area contributed by atoms with Crippen molar-refractivity contribution >= 4 is 39.2 Å². The van der Waals surface area contributed by atoms with Gasteiger partial charge in [0.2, 0.25) is 11.8 Å². The molecule has 0 aromatic carbocycles. The SMILES string of the molecule is CC.CCC.CCOC[C@@H]1C[C@@H](OC)CN1C(=O)CCCSSCCNC(=O)CCCCC(C)=O.[HH]. The first kappa shape index (κ1) is 36.4. The number of methoxy groups -OCH3 is 1. The van der Waals surface area contributed by atoms with Gasteiger partial charge in [0.05, 0.1) is 18.8 Å². The number of ketones is 1. The zero-order chi connectivity index (χ0) is 26.9. The molecule has 1 aliphatic rings. The van der Waals surface area contributed by atoms with Crippen LogP contribution in [-0.4, -0.2) is 79.6 Å². The molecule has 35 heavy (non-hydrogen) atoms. The molecule has 0 radical (unpaired) electrons.